The molecule has 1 aromatic carbocycles. The number of carbonyl (C=O) groups excluding carboxylic acids is 1. The monoisotopic (exact) mass is 346 g/mol. The van der Waals surface area contributed by atoms with Gasteiger partial charge in [0.1, 0.15) is 5.75 Å². The standard InChI is InChI=1S/C16H26N2O4.ClH/c1-16(2,3)14(17)15(19)18-9-10-7-12(21-5)13(22-6)8-11(10)20-4;/h7-8,14H,9,17H2,1-6H3,(H,18,19);1H/t14-;/m1./s1. The van der Waals surface area contributed by atoms with Crippen LogP contribution in [0.1, 0.15) is 26.3 Å². The van der Waals surface area contributed by atoms with Gasteiger partial charge in [0.2, 0.25) is 5.91 Å². The largest absolute Gasteiger partial charge is 0.496 e. The van der Waals surface area contributed by atoms with E-state index in [9.17, 15) is 4.79 Å². The minimum atomic E-state index is -0.585. The molecule has 0 aliphatic rings. The summed E-state index contributed by atoms with van der Waals surface area (Å²) < 4.78 is 15.8. The lowest BCUT2D eigenvalue weighted by Crippen LogP contribution is -2.48. The number of hydrogen-bond acceptors (Lipinski definition) is 5. The number of nitrogens with one attached hydrogen (secondary N) is 1. The van der Waals surface area contributed by atoms with Gasteiger partial charge in [0.05, 0.1) is 27.4 Å². The van der Waals surface area contributed by atoms with Crippen LogP contribution in [0.2, 0.25) is 0 Å². The normalized spacial score (nSPS) is 12.0. The lowest BCUT2D eigenvalue weighted by Gasteiger charge is -2.26. The first-order valence-electron chi connectivity index (χ1n) is 7.06. The maximum absolute atomic E-state index is 12.1. The number of carbonyl (C=O) groups is 1. The van der Waals surface area contributed by atoms with Gasteiger partial charge in [-0.05, 0) is 11.5 Å². The van der Waals surface area contributed by atoms with E-state index in [1.807, 2.05) is 20.8 Å². The van der Waals surface area contributed by atoms with Crippen molar-refractivity contribution in [1.29, 1.82) is 0 Å². The van der Waals surface area contributed by atoms with Gasteiger partial charge in [-0.1, -0.05) is 20.8 Å². The Hall–Kier alpha value is -1.66. The average molecular weight is 347 g/mol. The predicted octanol–water partition coefficient (Wildman–Crippen LogP) is 2.12. The molecule has 6 nitrogen and oxygen atoms in total. The van der Waals surface area contributed by atoms with Crippen molar-refractivity contribution in [3.63, 3.8) is 0 Å². The van der Waals surface area contributed by atoms with Gasteiger partial charge in [-0.3, -0.25) is 4.79 Å². The van der Waals surface area contributed by atoms with E-state index >= 15 is 0 Å². The van der Waals surface area contributed by atoms with Crippen LogP contribution in [-0.4, -0.2) is 33.3 Å². The molecule has 0 bridgehead atoms. The van der Waals surface area contributed by atoms with Gasteiger partial charge in [-0.25, -0.2) is 0 Å². The molecule has 0 unspecified atom stereocenters. The zero-order valence-corrected chi connectivity index (χ0v) is 15.4. The molecular formula is C16H27ClN2O4. The van der Waals surface area contributed by atoms with Gasteiger partial charge in [0, 0.05) is 18.2 Å². The molecule has 0 aliphatic carbocycles. The van der Waals surface area contributed by atoms with Gasteiger partial charge in [-0.2, -0.15) is 0 Å². The average Bonchev–Trinajstić information content (AvgIpc) is 2.49. The molecule has 23 heavy (non-hydrogen) atoms. The molecule has 0 aliphatic heterocycles. The van der Waals surface area contributed by atoms with Gasteiger partial charge in [0.25, 0.3) is 0 Å². The van der Waals surface area contributed by atoms with E-state index in [2.05, 4.69) is 5.32 Å². The smallest absolute Gasteiger partial charge is 0.237 e. The molecule has 1 aromatic rings. The van der Waals surface area contributed by atoms with Crippen LogP contribution in [0.25, 0.3) is 0 Å². The first-order valence-corrected chi connectivity index (χ1v) is 7.06. The highest BCUT2D eigenvalue weighted by molar-refractivity contribution is 5.85. The summed E-state index contributed by atoms with van der Waals surface area (Å²) in [6.07, 6.45) is 0. The predicted molar refractivity (Wildman–Crippen MR) is 92.6 cm³/mol. The van der Waals surface area contributed by atoms with Gasteiger partial charge in [0.15, 0.2) is 11.5 Å². The second kappa shape index (κ2) is 8.84. The summed E-state index contributed by atoms with van der Waals surface area (Å²) in [5.41, 5.74) is 6.43. The van der Waals surface area contributed by atoms with Gasteiger partial charge < -0.3 is 25.3 Å². The molecule has 3 N–H and O–H groups in total. The number of benzene rings is 1. The van der Waals surface area contributed by atoms with E-state index < -0.39 is 6.04 Å². The summed E-state index contributed by atoms with van der Waals surface area (Å²) in [5, 5.41) is 2.83. The Bertz CT molecular complexity index is 530. The third kappa shape index (κ3) is 5.48. The fourth-order valence-corrected chi connectivity index (χ4v) is 1.92. The Balaban J connectivity index is 0.00000484. The number of rotatable bonds is 6. The topological polar surface area (TPSA) is 82.8 Å². The summed E-state index contributed by atoms with van der Waals surface area (Å²) in [7, 11) is 4.68. The molecule has 0 fully saturated rings. The Morgan fingerprint density at radius 2 is 1.57 bits per heavy atom. The molecular weight excluding hydrogens is 320 g/mol. The van der Waals surface area contributed by atoms with Crippen LogP contribution in [0, 0.1) is 5.41 Å². The van der Waals surface area contributed by atoms with E-state index in [0.717, 1.165) is 5.56 Å². The highest BCUT2D eigenvalue weighted by Gasteiger charge is 2.27. The summed E-state index contributed by atoms with van der Waals surface area (Å²) in [4.78, 5) is 12.1. The van der Waals surface area contributed by atoms with Crippen molar-refractivity contribution >= 4 is 18.3 Å². The maximum atomic E-state index is 12.1. The zero-order valence-electron chi connectivity index (χ0n) is 14.6. The van der Waals surface area contributed by atoms with Crippen molar-refractivity contribution in [2.75, 3.05) is 21.3 Å². The Kier molecular flexibility index (Phi) is 8.20. The summed E-state index contributed by atoms with van der Waals surface area (Å²) >= 11 is 0. The molecule has 7 heteroatoms. The third-order valence-electron chi connectivity index (χ3n) is 3.46. The number of nitrogens with two attached hydrogens (primary N) is 1. The van der Waals surface area contributed by atoms with Crippen LogP contribution in [-0.2, 0) is 11.3 Å². The molecule has 132 valence electrons. The fourth-order valence-electron chi connectivity index (χ4n) is 1.92. The number of ether oxygens (including phenoxy) is 3. The molecule has 0 saturated heterocycles. The van der Waals surface area contributed by atoms with Gasteiger partial charge >= 0.3 is 0 Å². The van der Waals surface area contributed by atoms with Crippen LogP contribution < -0.4 is 25.3 Å². The lowest BCUT2D eigenvalue weighted by atomic mass is 9.87. The minimum Gasteiger partial charge on any atom is -0.496 e. The van der Waals surface area contributed by atoms with E-state index in [1.54, 1.807) is 33.5 Å². The van der Waals surface area contributed by atoms with Crippen molar-refractivity contribution in [2.45, 2.75) is 33.4 Å². The lowest BCUT2D eigenvalue weighted by molar-refractivity contribution is -0.124. The highest BCUT2D eigenvalue weighted by atomic mass is 35.5. The number of halogens is 1. The molecule has 0 radical (unpaired) electrons. The number of amides is 1. The molecule has 1 rings (SSSR count). The second-order valence-electron chi connectivity index (χ2n) is 6.08. The first kappa shape index (κ1) is 21.3. The van der Waals surface area contributed by atoms with E-state index in [4.69, 9.17) is 19.9 Å². The minimum absolute atomic E-state index is 0. The van der Waals surface area contributed by atoms with Crippen LogP contribution in [0.15, 0.2) is 12.1 Å². The number of hydrogen-bond donors (Lipinski definition) is 2. The van der Waals surface area contributed by atoms with Crippen LogP contribution in [0.4, 0.5) is 0 Å². The zero-order chi connectivity index (χ0) is 16.9. The van der Waals surface area contributed by atoms with Crippen molar-refractivity contribution in [3.8, 4) is 17.2 Å². The maximum Gasteiger partial charge on any atom is 0.237 e. The third-order valence-corrected chi connectivity index (χ3v) is 3.46. The molecule has 1 atom stereocenters. The van der Waals surface area contributed by atoms with Gasteiger partial charge in [-0.15, -0.1) is 12.4 Å². The fraction of sp³-hybridized carbons (Fsp3) is 0.562. The number of methoxy groups -OCH3 is 3. The first-order chi connectivity index (χ1) is 10.2. The summed E-state index contributed by atoms with van der Waals surface area (Å²) in [6.45, 7) is 6.07. The molecule has 0 heterocycles. The molecule has 1 amide bonds. The van der Waals surface area contributed by atoms with E-state index in [0.29, 0.717) is 23.8 Å². The Morgan fingerprint density at radius 1 is 1.09 bits per heavy atom. The van der Waals surface area contributed by atoms with Crippen molar-refractivity contribution in [3.05, 3.63) is 17.7 Å². The van der Waals surface area contributed by atoms with Crippen LogP contribution in [0.5, 0.6) is 17.2 Å². The summed E-state index contributed by atoms with van der Waals surface area (Å²) in [6, 6.07) is 2.92. The van der Waals surface area contributed by atoms with Crippen LogP contribution >= 0.6 is 12.4 Å². The highest BCUT2D eigenvalue weighted by Crippen LogP contribution is 2.34. The summed E-state index contributed by atoms with van der Waals surface area (Å²) in [5.74, 6) is 1.56. The Morgan fingerprint density at radius 3 is 2.00 bits per heavy atom. The molecule has 0 spiro atoms. The van der Waals surface area contributed by atoms with Crippen molar-refractivity contribution in [2.24, 2.45) is 11.1 Å². The van der Waals surface area contributed by atoms with E-state index in [-0.39, 0.29) is 23.7 Å². The second-order valence-corrected chi connectivity index (χ2v) is 6.08. The molecule has 0 aromatic heterocycles. The quantitative estimate of drug-likeness (QED) is 0.824. The van der Waals surface area contributed by atoms with Crippen molar-refractivity contribution in [1.82, 2.24) is 5.32 Å². The SMILES string of the molecule is COc1cc(OC)c(OC)cc1CNC(=O)[C@@H](N)C(C)(C)C.Cl. The van der Waals surface area contributed by atoms with Crippen LogP contribution in [0.3, 0.4) is 0 Å². The Labute approximate surface area is 144 Å². The molecule has 0 saturated carbocycles. The van der Waals surface area contributed by atoms with Crippen molar-refractivity contribution < 1.29 is 19.0 Å². The van der Waals surface area contributed by atoms with E-state index in [1.165, 1.54) is 0 Å².